The number of anilines is 9. The summed E-state index contributed by atoms with van der Waals surface area (Å²) in [5.41, 5.74) is 28.7. The van der Waals surface area contributed by atoms with Crippen LogP contribution in [-0.2, 0) is 16.2 Å². The second kappa shape index (κ2) is 27.0. The van der Waals surface area contributed by atoms with Gasteiger partial charge in [-0.25, -0.2) is 0 Å². The molecule has 0 fully saturated rings. The third-order valence-electron chi connectivity index (χ3n) is 25.6. The smallest absolute Gasteiger partial charge is 0.256 e. The topological polar surface area (TPSA) is 23.9 Å². The quantitative estimate of drug-likeness (QED) is 0.127. The predicted molar refractivity (Wildman–Crippen MR) is 508 cm³/mol. The SMILES string of the molecule is [2H]c1c([2H])c([2H])c(-c2ccc(N3c4cc5c(cc4B4c6ccccc6N(c6c(-c7ccccc7)cc(C(C)(C)C)cc6-c6ccccc6)c6cc(-n7c8c([2H])c([2H])c([2H])c([2H])c8c8c([2H])c([2H])c([2H])c([2H])c87)cc3c64)B3c4ccccc4N(c4c(-c6ccccc6)cc(C(C)(C)C)cc4-c4ccccc4)c4cc(-c6cccc7c6C(C)(C)c6ccccc6-7)cc(c43)O5)cc2)c([2H])c1[2H]. The van der Waals surface area contributed by atoms with Crippen molar-refractivity contribution in [3.8, 4) is 95.1 Å². The van der Waals surface area contributed by atoms with E-state index in [4.69, 9.17) is 8.85 Å². The van der Waals surface area contributed by atoms with Crippen molar-refractivity contribution in [2.45, 2.75) is 71.6 Å². The largest absolute Gasteiger partial charge is 0.458 e. The Morgan fingerprint density at radius 1 is 0.300 bits per heavy atom. The van der Waals surface area contributed by atoms with Crippen LogP contribution in [0.5, 0.6) is 11.5 Å². The van der Waals surface area contributed by atoms with Gasteiger partial charge in [-0.1, -0.05) is 340 Å². The van der Waals surface area contributed by atoms with Crippen molar-refractivity contribution in [2.75, 3.05) is 14.7 Å². The molecule has 4 aliphatic heterocycles. The van der Waals surface area contributed by atoms with Crippen LogP contribution in [0.15, 0.2) is 376 Å². The predicted octanol–water partition coefficient (Wildman–Crippen LogP) is 26.2. The number of para-hydroxylation sites is 4. The summed E-state index contributed by atoms with van der Waals surface area (Å²) in [7, 11) is 0. The first-order valence-electron chi connectivity index (χ1n) is 47.8. The number of nitrogens with zero attached hydrogens (tertiary/aromatic N) is 4. The number of ether oxygens (including phenoxy) is 1. The molecule has 17 aromatic carbocycles. The Morgan fingerprint density at radius 2 is 0.750 bits per heavy atom. The average molecular weight is 1550 g/mol. The third-order valence-corrected chi connectivity index (χ3v) is 25.6. The molecule has 0 N–H and O–H groups in total. The summed E-state index contributed by atoms with van der Waals surface area (Å²) in [4.78, 5) is 7.04. The average Bonchev–Trinajstić information content (AvgIpc) is 0.821. The zero-order chi connectivity index (χ0) is 91.9. The molecule has 0 bridgehead atoms. The number of benzene rings is 17. The molecule has 18 aromatic rings. The lowest BCUT2D eigenvalue weighted by Gasteiger charge is -2.46. The first-order chi connectivity index (χ1) is 64.0. The van der Waals surface area contributed by atoms with E-state index in [2.05, 4.69) is 295 Å². The molecule has 0 unspecified atom stereocenters. The zero-order valence-electron chi connectivity index (χ0n) is 80.6. The molecule has 0 saturated heterocycles. The van der Waals surface area contributed by atoms with Crippen LogP contribution in [0, 0.1) is 0 Å². The highest BCUT2D eigenvalue weighted by atomic mass is 16.5. The highest BCUT2D eigenvalue weighted by Crippen LogP contribution is 2.58. The van der Waals surface area contributed by atoms with Gasteiger partial charge in [-0.3, -0.25) is 0 Å². The molecule has 23 rings (SSSR count). The van der Waals surface area contributed by atoms with E-state index in [1.807, 2.05) is 60.7 Å². The number of rotatable bonds is 10. The minimum atomic E-state index is -0.676. The van der Waals surface area contributed by atoms with Gasteiger partial charge >= 0.3 is 0 Å². The Kier molecular flexibility index (Phi) is 13.2. The molecule has 0 saturated carbocycles. The molecule has 5 aliphatic rings. The van der Waals surface area contributed by atoms with Gasteiger partial charge in [-0.05, 0) is 206 Å². The number of hydrogen-bond acceptors (Lipinski definition) is 4. The number of aromatic nitrogens is 1. The van der Waals surface area contributed by atoms with E-state index in [1.165, 1.54) is 22.3 Å². The van der Waals surface area contributed by atoms with E-state index in [9.17, 15) is 13.7 Å². The van der Waals surface area contributed by atoms with Gasteiger partial charge in [0.05, 0.1) is 45.9 Å². The summed E-state index contributed by atoms with van der Waals surface area (Å²) in [6, 6.07) is 98.7. The van der Waals surface area contributed by atoms with Gasteiger partial charge in [0.15, 0.2) is 0 Å². The molecule has 0 atom stereocenters. The van der Waals surface area contributed by atoms with Crippen LogP contribution in [0.1, 0.15) is 95.5 Å². The molecular formula is C113H86B2N4O. The third kappa shape index (κ3) is 10.9. The molecule has 5 heterocycles. The first kappa shape index (κ1) is 58.7. The standard InChI is InChI=1S/C113H86B2N4O/c1-111(2,3)78-63-87(73-37-16-10-17-38-73)109(88(64-78)74-39-18-11-19-40-74)118-99-56-33-29-52-93(99)115-95-69-94-100(70-104(95)120-105-62-77(61-101(118)108(105)115)82-48-34-49-86-83-45-24-27-50-91(83)113(7,8)106(82)86)116(80-59-57-72(58-60-80)71-35-14-9-15-36-71)102-67-81(117-96-53-30-25-46-84(96)85-47-26-31-54-97(85)117)68-103-107(102)114(94)92-51-28-32-55-98(92)119(103)110-89(75-41-20-12-21-42-75)65-79(112(4,5)6)66-90(110)76-43-22-13-23-44-76/h9-70H,1-8H3/i9D,14D,15D,25D,26D,30D,31D,35D,36D,46D,47D,53D,54D. The van der Waals surface area contributed by atoms with E-state index in [1.54, 1.807) is 16.7 Å². The van der Waals surface area contributed by atoms with Crippen LogP contribution in [-0.4, -0.2) is 18.0 Å². The zero-order valence-corrected chi connectivity index (χ0v) is 67.6. The molecule has 570 valence electrons. The molecule has 0 amide bonds. The van der Waals surface area contributed by atoms with Crippen LogP contribution in [0.4, 0.5) is 51.2 Å². The molecule has 7 heteroatoms. The van der Waals surface area contributed by atoms with Crippen molar-refractivity contribution < 1.29 is 22.6 Å². The molecule has 5 nitrogen and oxygen atoms in total. The molecule has 0 radical (unpaired) electrons. The summed E-state index contributed by atoms with van der Waals surface area (Å²) in [5.74, 6) is 1.19. The van der Waals surface area contributed by atoms with Gasteiger partial charge in [-0.2, -0.15) is 0 Å². The van der Waals surface area contributed by atoms with Crippen LogP contribution in [0.25, 0.3) is 105 Å². The Labute approximate surface area is 721 Å². The minimum Gasteiger partial charge on any atom is -0.458 e. The van der Waals surface area contributed by atoms with Gasteiger partial charge < -0.3 is 24.0 Å². The van der Waals surface area contributed by atoms with Crippen molar-refractivity contribution in [3.05, 3.63) is 398 Å². The van der Waals surface area contributed by atoms with Crippen molar-refractivity contribution in [3.63, 3.8) is 0 Å². The van der Waals surface area contributed by atoms with Crippen LogP contribution < -0.4 is 52.2 Å². The van der Waals surface area contributed by atoms with Gasteiger partial charge in [0.2, 0.25) is 0 Å². The van der Waals surface area contributed by atoms with Crippen molar-refractivity contribution in [1.82, 2.24) is 4.57 Å². The second-order valence-corrected chi connectivity index (χ2v) is 34.9. The maximum Gasteiger partial charge on any atom is 0.256 e. The lowest BCUT2D eigenvalue weighted by Crippen LogP contribution is -2.64. The first-order valence-corrected chi connectivity index (χ1v) is 41.3. The van der Waals surface area contributed by atoms with Crippen LogP contribution >= 0.6 is 0 Å². The Morgan fingerprint density at radius 3 is 1.28 bits per heavy atom. The fourth-order valence-corrected chi connectivity index (χ4v) is 20.1. The van der Waals surface area contributed by atoms with Crippen LogP contribution in [0.2, 0.25) is 0 Å². The number of hydrogen-bond donors (Lipinski definition) is 0. The van der Waals surface area contributed by atoms with Crippen molar-refractivity contribution >= 4 is 119 Å². The van der Waals surface area contributed by atoms with E-state index < -0.39 is 90.7 Å². The molecule has 0 spiro atoms. The van der Waals surface area contributed by atoms with Crippen molar-refractivity contribution in [1.29, 1.82) is 0 Å². The van der Waals surface area contributed by atoms with Crippen LogP contribution in [0.3, 0.4) is 0 Å². The van der Waals surface area contributed by atoms with Crippen molar-refractivity contribution in [2.24, 2.45) is 0 Å². The lowest BCUT2D eigenvalue weighted by molar-refractivity contribution is 0.488. The fourth-order valence-electron chi connectivity index (χ4n) is 20.1. The highest BCUT2D eigenvalue weighted by Gasteiger charge is 2.50. The summed E-state index contributed by atoms with van der Waals surface area (Å²) < 4.78 is 133. The highest BCUT2D eigenvalue weighted by molar-refractivity contribution is 7.02. The van der Waals surface area contributed by atoms with E-state index >= 15 is 0 Å². The molecule has 120 heavy (non-hydrogen) atoms. The maximum atomic E-state index is 10.2. The summed E-state index contributed by atoms with van der Waals surface area (Å²) >= 11 is 0. The van der Waals surface area contributed by atoms with Gasteiger partial charge in [0, 0.05) is 84.3 Å². The second-order valence-electron chi connectivity index (χ2n) is 34.9. The normalized spacial score (nSPS) is 15.2. The molecule has 1 aliphatic carbocycles. The Hall–Kier alpha value is -14.1. The summed E-state index contributed by atoms with van der Waals surface area (Å²) in [6.45, 7) is 17.0. The van der Waals surface area contributed by atoms with Gasteiger partial charge in [0.1, 0.15) is 11.5 Å². The summed E-state index contributed by atoms with van der Waals surface area (Å²) in [5, 5.41) is -0.166. The van der Waals surface area contributed by atoms with E-state index in [0.29, 0.717) is 39.8 Å². The lowest BCUT2D eigenvalue weighted by atomic mass is 9.30. The van der Waals surface area contributed by atoms with Gasteiger partial charge in [-0.15, -0.1) is 0 Å². The fraction of sp³-hybridized carbons (Fsp3) is 0.0973. The monoisotopic (exact) mass is 1550 g/mol. The Bertz CT molecular complexity index is 7870. The minimum absolute atomic E-state index is 0.0129. The van der Waals surface area contributed by atoms with E-state index in [0.717, 1.165) is 128 Å². The Balaban J connectivity index is 0.867. The number of fused-ring (bicyclic) bond motifs is 14. The van der Waals surface area contributed by atoms with E-state index in [-0.39, 0.29) is 50.6 Å². The molecular weight excluding hydrogens is 1450 g/mol. The van der Waals surface area contributed by atoms with Gasteiger partial charge in [0.25, 0.3) is 13.4 Å². The maximum absolute atomic E-state index is 10.2. The molecule has 1 aromatic heterocycles. The summed E-state index contributed by atoms with van der Waals surface area (Å²) in [6.07, 6.45) is 0.